The quantitative estimate of drug-likeness (QED) is 0.511. The molecule has 0 unspecified atom stereocenters. The summed E-state index contributed by atoms with van der Waals surface area (Å²) in [4.78, 5) is 11.7. The average Bonchev–Trinajstić information content (AvgIpc) is 2.34. The second-order valence-electron chi connectivity index (χ2n) is 3.97. The lowest BCUT2D eigenvalue weighted by molar-refractivity contribution is 0.0931. The zero-order chi connectivity index (χ0) is 12.5. The highest BCUT2D eigenvalue weighted by molar-refractivity contribution is 5.96. The van der Waals surface area contributed by atoms with Gasteiger partial charge in [0.25, 0.3) is 0 Å². The van der Waals surface area contributed by atoms with Gasteiger partial charge in [0.1, 0.15) is 5.82 Å². The Balaban J connectivity index is 2.24. The molecule has 3 heteroatoms. The molecule has 0 saturated carbocycles. The molecule has 1 rings (SSSR count). The molecule has 0 amide bonds. The number of Topliss-reactive ketones (excluding diaryl/α,β-unsaturated/α-hetero) is 1. The van der Waals surface area contributed by atoms with Crippen LogP contribution in [0.3, 0.4) is 0 Å². The van der Waals surface area contributed by atoms with Gasteiger partial charge < -0.3 is 4.74 Å². The highest BCUT2D eigenvalue weighted by Gasteiger charge is 2.09. The van der Waals surface area contributed by atoms with Crippen LogP contribution in [-0.4, -0.2) is 19.0 Å². The van der Waals surface area contributed by atoms with Gasteiger partial charge >= 0.3 is 0 Å². The number of unbranched alkanes of at least 4 members (excludes halogenated alkanes) is 1. The standard InChI is InChI=1S/C14H19FO2/c1-2-3-10-17-11-6-9-14(16)12-7-4-5-8-13(12)15/h4-5,7-8H,2-3,6,9-11H2,1H3. The molecule has 0 bridgehead atoms. The van der Waals surface area contributed by atoms with Crippen LogP contribution in [0.4, 0.5) is 4.39 Å². The molecule has 1 aromatic rings. The highest BCUT2D eigenvalue weighted by atomic mass is 19.1. The van der Waals surface area contributed by atoms with E-state index in [4.69, 9.17) is 4.74 Å². The van der Waals surface area contributed by atoms with Crippen molar-refractivity contribution in [2.45, 2.75) is 32.6 Å². The SMILES string of the molecule is CCCCOCCCC(=O)c1ccccc1F. The maximum Gasteiger partial charge on any atom is 0.165 e. The largest absolute Gasteiger partial charge is 0.381 e. The van der Waals surface area contributed by atoms with Crippen molar-refractivity contribution in [2.75, 3.05) is 13.2 Å². The van der Waals surface area contributed by atoms with Gasteiger partial charge in [0.2, 0.25) is 0 Å². The summed E-state index contributed by atoms with van der Waals surface area (Å²) in [5, 5.41) is 0. The lowest BCUT2D eigenvalue weighted by Gasteiger charge is -2.04. The van der Waals surface area contributed by atoms with Gasteiger partial charge in [-0.25, -0.2) is 4.39 Å². The molecule has 0 fully saturated rings. The molecule has 0 spiro atoms. The van der Waals surface area contributed by atoms with Crippen molar-refractivity contribution in [1.82, 2.24) is 0 Å². The summed E-state index contributed by atoms with van der Waals surface area (Å²) < 4.78 is 18.6. The van der Waals surface area contributed by atoms with Gasteiger partial charge in [0, 0.05) is 19.6 Å². The molecule has 0 saturated heterocycles. The molecule has 0 radical (unpaired) electrons. The zero-order valence-electron chi connectivity index (χ0n) is 10.2. The van der Waals surface area contributed by atoms with Gasteiger partial charge in [-0.2, -0.15) is 0 Å². The van der Waals surface area contributed by atoms with Gasteiger partial charge in [-0.15, -0.1) is 0 Å². The zero-order valence-corrected chi connectivity index (χ0v) is 10.2. The van der Waals surface area contributed by atoms with Crippen LogP contribution in [0.5, 0.6) is 0 Å². The number of benzene rings is 1. The molecule has 0 atom stereocenters. The lowest BCUT2D eigenvalue weighted by Crippen LogP contribution is -2.05. The first-order valence-electron chi connectivity index (χ1n) is 6.11. The van der Waals surface area contributed by atoms with Crippen LogP contribution in [0.25, 0.3) is 0 Å². The first kappa shape index (κ1) is 13.8. The Morgan fingerprint density at radius 2 is 1.94 bits per heavy atom. The number of carbonyl (C=O) groups excluding carboxylic acids is 1. The third-order valence-electron chi connectivity index (χ3n) is 2.51. The third-order valence-corrected chi connectivity index (χ3v) is 2.51. The lowest BCUT2D eigenvalue weighted by atomic mass is 10.1. The maximum absolute atomic E-state index is 13.3. The van der Waals surface area contributed by atoms with Crippen LogP contribution in [0.1, 0.15) is 43.0 Å². The van der Waals surface area contributed by atoms with E-state index in [1.165, 1.54) is 12.1 Å². The number of rotatable bonds is 8. The van der Waals surface area contributed by atoms with Gasteiger partial charge in [-0.05, 0) is 25.0 Å². The van der Waals surface area contributed by atoms with Crippen molar-refractivity contribution >= 4 is 5.78 Å². The number of halogens is 1. The molecule has 17 heavy (non-hydrogen) atoms. The number of ether oxygens (including phenoxy) is 1. The topological polar surface area (TPSA) is 26.3 Å². The van der Waals surface area contributed by atoms with E-state index in [9.17, 15) is 9.18 Å². The number of hydrogen-bond acceptors (Lipinski definition) is 2. The van der Waals surface area contributed by atoms with E-state index in [2.05, 4.69) is 6.92 Å². The van der Waals surface area contributed by atoms with Crippen molar-refractivity contribution < 1.29 is 13.9 Å². The van der Waals surface area contributed by atoms with E-state index >= 15 is 0 Å². The van der Waals surface area contributed by atoms with E-state index in [1.807, 2.05) is 0 Å². The Kier molecular flexibility index (Phi) is 6.48. The fraction of sp³-hybridized carbons (Fsp3) is 0.500. The number of hydrogen-bond donors (Lipinski definition) is 0. The minimum atomic E-state index is -0.440. The molecule has 0 heterocycles. The molecule has 94 valence electrons. The maximum atomic E-state index is 13.3. The van der Waals surface area contributed by atoms with Crippen molar-refractivity contribution in [3.05, 3.63) is 35.6 Å². The smallest absolute Gasteiger partial charge is 0.165 e. The minimum absolute atomic E-state index is 0.151. The second kappa shape index (κ2) is 7.96. The summed E-state index contributed by atoms with van der Waals surface area (Å²) in [6.45, 7) is 3.41. The van der Waals surface area contributed by atoms with Crippen LogP contribution >= 0.6 is 0 Å². The first-order chi connectivity index (χ1) is 8.25. The average molecular weight is 238 g/mol. The third kappa shape index (κ3) is 5.09. The van der Waals surface area contributed by atoms with E-state index in [0.717, 1.165) is 19.4 Å². The fourth-order valence-electron chi connectivity index (χ4n) is 1.51. The summed E-state index contributed by atoms with van der Waals surface area (Å²) in [5.41, 5.74) is 0.182. The molecule has 0 aliphatic carbocycles. The van der Waals surface area contributed by atoms with Crippen LogP contribution in [0, 0.1) is 5.82 Å². The Hall–Kier alpha value is -1.22. The van der Waals surface area contributed by atoms with Crippen LogP contribution in [0.2, 0.25) is 0 Å². The molecular formula is C14H19FO2. The molecule has 0 N–H and O–H groups in total. The van der Waals surface area contributed by atoms with E-state index in [-0.39, 0.29) is 11.3 Å². The Morgan fingerprint density at radius 1 is 1.24 bits per heavy atom. The summed E-state index contributed by atoms with van der Waals surface area (Å²) >= 11 is 0. The van der Waals surface area contributed by atoms with Gasteiger partial charge in [0.15, 0.2) is 5.78 Å². The van der Waals surface area contributed by atoms with E-state index < -0.39 is 5.82 Å². The van der Waals surface area contributed by atoms with Crippen molar-refractivity contribution in [1.29, 1.82) is 0 Å². The Labute approximate surface area is 102 Å². The summed E-state index contributed by atoms with van der Waals surface area (Å²) in [7, 11) is 0. The van der Waals surface area contributed by atoms with E-state index in [0.29, 0.717) is 19.4 Å². The number of carbonyl (C=O) groups is 1. The minimum Gasteiger partial charge on any atom is -0.381 e. The highest BCUT2D eigenvalue weighted by Crippen LogP contribution is 2.10. The van der Waals surface area contributed by atoms with Crippen LogP contribution < -0.4 is 0 Å². The van der Waals surface area contributed by atoms with Crippen molar-refractivity contribution in [3.8, 4) is 0 Å². The molecular weight excluding hydrogens is 219 g/mol. The summed E-state index contributed by atoms with van der Waals surface area (Å²) in [6, 6.07) is 6.09. The Morgan fingerprint density at radius 3 is 2.65 bits per heavy atom. The molecule has 1 aromatic carbocycles. The molecule has 0 aliphatic rings. The van der Waals surface area contributed by atoms with Crippen molar-refractivity contribution in [2.24, 2.45) is 0 Å². The first-order valence-corrected chi connectivity index (χ1v) is 6.11. The summed E-state index contributed by atoms with van der Waals surface area (Å²) in [5.74, 6) is -0.591. The Bertz CT molecular complexity index is 350. The molecule has 2 nitrogen and oxygen atoms in total. The van der Waals surface area contributed by atoms with Gasteiger partial charge in [0.05, 0.1) is 5.56 Å². The van der Waals surface area contributed by atoms with Crippen molar-refractivity contribution in [3.63, 3.8) is 0 Å². The van der Waals surface area contributed by atoms with Gasteiger partial charge in [-0.1, -0.05) is 25.5 Å². The van der Waals surface area contributed by atoms with Gasteiger partial charge in [-0.3, -0.25) is 4.79 Å². The van der Waals surface area contributed by atoms with Crippen LogP contribution in [-0.2, 0) is 4.74 Å². The van der Waals surface area contributed by atoms with E-state index in [1.54, 1.807) is 12.1 Å². The van der Waals surface area contributed by atoms with Crippen LogP contribution in [0.15, 0.2) is 24.3 Å². The second-order valence-corrected chi connectivity index (χ2v) is 3.97. The molecule has 0 aliphatic heterocycles. The predicted molar refractivity (Wildman–Crippen MR) is 65.7 cm³/mol. The molecule has 0 aromatic heterocycles. The predicted octanol–water partition coefficient (Wildman–Crippen LogP) is 3.61. The monoisotopic (exact) mass is 238 g/mol. The fourth-order valence-corrected chi connectivity index (χ4v) is 1.51. The summed E-state index contributed by atoms with van der Waals surface area (Å²) in [6.07, 6.45) is 3.14. The number of ketones is 1. The normalized spacial score (nSPS) is 10.5.